The summed E-state index contributed by atoms with van der Waals surface area (Å²) < 4.78 is 10.2. The van der Waals surface area contributed by atoms with Crippen LogP contribution in [0.5, 0.6) is 0 Å². The molecule has 0 radical (unpaired) electrons. The lowest BCUT2D eigenvalue weighted by molar-refractivity contribution is -0.742. The maximum atomic E-state index is 9.16. The molecule has 0 bridgehead atoms. The number of hydrogen-bond acceptors (Lipinski definition) is 6. The van der Waals surface area contributed by atoms with Crippen molar-refractivity contribution < 1.29 is 30.0 Å². The van der Waals surface area contributed by atoms with Gasteiger partial charge < -0.3 is 24.9 Å². The van der Waals surface area contributed by atoms with Crippen molar-refractivity contribution in [1.29, 1.82) is 0 Å². The van der Waals surface area contributed by atoms with Gasteiger partial charge >= 0.3 is 0 Å². The zero-order valence-electron chi connectivity index (χ0n) is 7.15. The van der Waals surface area contributed by atoms with Crippen LogP contribution in [0.4, 0.5) is 0 Å². The summed E-state index contributed by atoms with van der Waals surface area (Å²) in [6.45, 7) is 0.568. The van der Waals surface area contributed by atoms with Gasteiger partial charge in [0, 0.05) is 0 Å². The molecule has 4 unspecified atom stereocenters. The van der Waals surface area contributed by atoms with E-state index in [2.05, 4.69) is 0 Å². The first-order valence-corrected chi connectivity index (χ1v) is 3.95. The van der Waals surface area contributed by atoms with E-state index in [1.165, 1.54) is 0 Å². The third-order valence-corrected chi connectivity index (χ3v) is 2.00. The van der Waals surface area contributed by atoms with Gasteiger partial charge in [-0.05, 0) is 0 Å². The van der Waals surface area contributed by atoms with Crippen LogP contribution in [0.25, 0.3) is 0 Å². The maximum absolute atomic E-state index is 9.16. The Morgan fingerprint density at radius 1 is 1.14 bits per heavy atom. The van der Waals surface area contributed by atoms with Gasteiger partial charge in [-0.3, -0.25) is 0 Å². The van der Waals surface area contributed by atoms with Crippen LogP contribution in [0.3, 0.4) is 0 Å². The number of aliphatic hydroxyl groups excluding tert-OH is 2. The van der Waals surface area contributed by atoms with Gasteiger partial charge in [0.05, 0.1) is 13.2 Å². The molecule has 2 saturated heterocycles. The first kappa shape index (κ1) is 11.1. The molecule has 0 aromatic heterocycles. The van der Waals surface area contributed by atoms with Crippen LogP contribution in [0.2, 0.25) is 0 Å². The molecule has 0 aromatic rings. The van der Waals surface area contributed by atoms with E-state index >= 15 is 0 Å². The van der Waals surface area contributed by atoms with Crippen molar-refractivity contribution in [2.24, 2.45) is 0 Å². The molecule has 2 aliphatic heterocycles. The number of fused-ring (bicyclic) bond motifs is 1. The average molecular weight is 209 g/mol. The molecule has 8 nitrogen and oxygen atoms in total. The van der Waals surface area contributed by atoms with Crippen molar-refractivity contribution in [1.82, 2.24) is 0 Å². The molecule has 3 N–H and O–H groups in total. The van der Waals surface area contributed by atoms with Crippen LogP contribution in [-0.4, -0.2) is 58.1 Å². The first-order valence-electron chi connectivity index (χ1n) is 3.95. The Hall–Kier alpha value is -0.960. The lowest BCUT2D eigenvalue weighted by Gasteiger charge is -2.09. The van der Waals surface area contributed by atoms with Crippen molar-refractivity contribution >= 4 is 0 Å². The molecule has 8 heteroatoms. The molecule has 82 valence electrons. The van der Waals surface area contributed by atoms with Crippen molar-refractivity contribution in [2.75, 3.05) is 13.2 Å². The van der Waals surface area contributed by atoms with Gasteiger partial charge in [-0.15, -0.1) is 10.1 Å². The highest BCUT2D eigenvalue weighted by atomic mass is 16.9. The Labute approximate surface area is 78.8 Å². The van der Waals surface area contributed by atoms with Crippen LogP contribution >= 0.6 is 0 Å². The summed E-state index contributed by atoms with van der Waals surface area (Å²) in [5.41, 5.74) is 0. The standard InChI is InChI=1S/C6H10O4.HNO3/c7-3-1-9-6-4(8)2-10-5(3)6;2-1(3)4/h3-8H,1-2H2;(H,2,3,4). The molecule has 2 aliphatic rings. The van der Waals surface area contributed by atoms with Gasteiger partial charge in [0.2, 0.25) is 0 Å². The second-order valence-electron chi connectivity index (χ2n) is 2.97. The maximum Gasteiger partial charge on any atom is 0.291 e. The topological polar surface area (TPSA) is 122 Å². The SMILES string of the molecule is O=[N+]([O-])O.OC1COC2C(O)COC12. The number of nitrogens with zero attached hydrogens (tertiary/aromatic N) is 1. The van der Waals surface area contributed by atoms with E-state index in [0.717, 1.165) is 0 Å². The predicted octanol–water partition coefficient (Wildman–Crippen LogP) is -1.84. The fourth-order valence-electron chi connectivity index (χ4n) is 1.46. The predicted molar refractivity (Wildman–Crippen MR) is 40.3 cm³/mol. The number of rotatable bonds is 0. The fraction of sp³-hybridized carbons (Fsp3) is 1.00. The van der Waals surface area contributed by atoms with E-state index in [1.807, 2.05) is 0 Å². The Morgan fingerprint density at radius 3 is 1.71 bits per heavy atom. The Kier molecular flexibility index (Phi) is 3.58. The summed E-state index contributed by atoms with van der Waals surface area (Å²) in [5, 5.41) is 32.0. The smallest absolute Gasteiger partial charge is 0.291 e. The molecule has 2 rings (SSSR count). The number of ether oxygens (including phenoxy) is 2. The zero-order valence-corrected chi connectivity index (χ0v) is 7.15. The van der Waals surface area contributed by atoms with E-state index in [9.17, 15) is 0 Å². The quantitative estimate of drug-likeness (QED) is 0.316. The Morgan fingerprint density at radius 2 is 1.43 bits per heavy atom. The average Bonchev–Trinajstić information content (AvgIpc) is 2.57. The third-order valence-electron chi connectivity index (χ3n) is 2.00. The summed E-state index contributed by atoms with van der Waals surface area (Å²) in [7, 11) is 0. The van der Waals surface area contributed by atoms with Crippen LogP contribution in [0.1, 0.15) is 0 Å². The van der Waals surface area contributed by atoms with Gasteiger partial charge in [-0.25, -0.2) is 0 Å². The van der Waals surface area contributed by atoms with E-state index in [0.29, 0.717) is 0 Å². The van der Waals surface area contributed by atoms with Crippen molar-refractivity contribution in [3.63, 3.8) is 0 Å². The van der Waals surface area contributed by atoms with Gasteiger partial charge in [0.15, 0.2) is 0 Å². The lowest BCUT2D eigenvalue weighted by atomic mass is 10.1. The third kappa shape index (κ3) is 2.51. The largest absolute Gasteiger partial charge is 0.388 e. The second kappa shape index (κ2) is 4.51. The minimum absolute atomic E-state index is 0.284. The molecular formula is C6H11NO7. The summed E-state index contributed by atoms with van der Waals surface area (Å²) >= 11 is 0. The van der Waals surface area contributed by atoms with Crippen LogP contribution < -0.4 is 0 Å². The number of aliphatic hydroxyl groups is 2. The Balaban J connectivity index is 0.000000213. The van der Waals surface area contributed by atoms with Gasteiger partial charge in [-0.2, -0.15) is 0 Å². The van der Waals surface area contributed by atoms with E-state index in [1.54, 1.807) is 0 Å². The van der Waals surface area contributed by atoms with Gasteiger partial charge in [-0.1, -0.05) is 0 Å². The zero-order chi connectivity index (χ0) is 10.7. The minimum Gasteiger partial charge on any atom is -0.388 e. The van der Waals surface area contributed by atoms with Crippen molar-refractivity contribution in [2.45, 2.75) is 24.4 Å². The fourth-order valence-corrected chi connectivity index (χ4v) is 1.46. The summed E-state index contributed by atoms with van der Waals surface area (Å²) in [5.74, 6) is 0. The molecule has 0 aromatic carbocycles. The normalized spacial score (nSPS) is 39.9. The highest BCUT2D eigenvalue weighted by Crippen LogP contribution is 2.26. The van der Waals surface area contributed by atoms with E-state index in [4.69, 9.17) is 35.0 Å². The number of hydrogen-bond donors (Lipinski definition) is 3. The highest BCUT2D eigenvalue weighted by Gasteiger charge is 2.46. The summed E-state index contributed by atoms with van der Waals surface area (Å²) in [6, 6.07) is 0. The van der Waals surface area contributed by atoms with Crippen molar-refractivity contribution in [3.05, 3.63) is 10.1 Å². The molecule has 0 spiro atoms. The van der Waals surface area contributed by atoms with E-state index < -0.39 is 17.3 Å². The molecule has 4 atom stereocenters. The molecule has 0 saturated carbocycles. The summed E-state index contributed by atoms with van der Waals surface area (Å²) in [6.07, 6.45) is -1.70. The Bertz CT molecular complexity index is 190. The first-order chi connectivity index (χ1) is 6.52. The van der Waals surface area contributed by atoms with Crippen LogP contribution in [-0.2, 0) is 9.47 Å². The molecule has 2 heterocycles. The second-order valence-corrected chi connectivity index (χ2v) is 2.97. The molecule has 0 amide bonds. The van der Waals surface area contributed by atoms with Gasteiger partial charge in [0.1, 0.15) is 24.4 Å². The van der Waals surface area contributed by atoms with E-state index in [-0.39, 0.29) is 25.4 Å². The highest BCUT2D eigenvalue weighted by molar-refractivity contribution is 4.93. The van der Waals surface area contributed by atoms with Crippen molar-refractivity contribution in [3.8, 4) is 0 Å². The molecule has 2 fully saturated rings. The molecule has 14 heavy (non-hydrogen) atoms. The monoisotopic (exact) mass is 209 g/mol. The molecule has 0 aliphatic carbocycles. The van der Waals surface area contributed by atoms with Crippen LogP contribution in [0, 0.1) is 10.1 Å². The van der Waals surface area contributed by atoms with Crippen LogP contribution in [0.15, 0.2) is 0 Å². The minimum atomic E-state index is -1.50. The molecular weight excluding hydrogens is 198 g/mol. The van der Waals surface area contributed by atoms with Gasteiger partial charge in [0.25, 0.3) is 5.09 Å². The lowest BCUT2D eigenvalue weighted by Crippen LogP contribution is -2.30. The summed E-state index contributed by atoms with van der Waals surface area (Å²) in [4.78, 5) is 8.36.